The second-order valence-electron chi connectivity index (χ2n) is 6.84. The van der Waals surface area contributed by atoms with Gasteiger partial charge in [0.25, 0.3) is 0 Å². The van der Waals surface area contributed by atoms with E-state index in [0.29, 0.717) is 11.3 Å². The second kappa shape index (κ2) is 9.88. The molecule has 0 radical (unpaired) electrons. The lowest BCUT2D eigenvalue weighted by Crippen LogP contribution is -2.18. The van der Waals surface area contributed by atoms with E-state index in [1.54, 1.807) is 18.2 Å². The van der Waals surface area contributed by atoms with Crippen molar-refractivity contribution in [2.75, 3.05) is 18.5 Å². The van der Waals surface area contributed by atoms with E-state index < -0.39 is 22.1 Å². The van der Waals surface area contributed by atoms with Crippen LogP contribution in [0.4, 0.5) is 5.69 Å². The Bertz CT molecular complexity index is 1030. The van der Waals surface area contributed by atoms with Gasteiger partial charge in [-0.1, -0.05) is 52.5 Å². The highest BCUT2D eigenvalue weighted by molar-refractivity contribution is 6.54. The number of carbonyl (C=O) groups excluding carboxylic acids is 2. The summed E-state index contributed by atoms with van der Waals surface area (Å²) in [6, 6.07) is 7.71. The van der Waals surface area contributed by atoms with Gasteiger partial charge in [0.2, 0.25) is 5.91 Å². The average molecular weight is 542 g/mol. The SMILES string of the molecule is C=CCOCC(=O)c1cc(NC(=O)C2C(c3cc(Cl)c(Cl)c(Cl)c3)C2(Cl)Cl)ccc1Cl. The van der Waals surface area contributed by atoms with Gasteiger partial charge < -0.3 is 10.1 Å². The fraction of sp³-hybridized carbons (Fsp3) is 0.238. The van der Waals surface area contributed by atoms with E-state index in [1.165, 1.54) is 18.2 Å². The normalized spacial score (nSPS) is 19.0. The molecule has 164 valence electrons. The number of amides is 1. The minimum atomic E-state index is -1.35. The van der Waals surface area contributed by atoms with E-state index in [2.05, 4.69) is 11.9 Å². The van der Waals surface area contributed by atoms with Crippen molar-refractivity contribution in [1.29, 1.82) is 0 Å². The number of anilines is 1. The van der Waals surface area contributed by atoms with Gasteiger partial charge >= 0.3 is 0 Å². The molecule has 1 fully saturated rings. The Hall–Kier alpha value is -0.980. The number of hydrogen-bond acceptors (Lipinski definition) is 3. The molecule has 0 heterocycles. The Balaban J connectivity index is 1.76. The van der Waals surface area contributed by atoms with Crippen LogP contribution in [0, 0.1) is 5.92 Å². The number of benzene rings is 2. The third kappa shape index (κ3) is 5.33. The Labute approximate surface area is 209 Å². The summed E-state index contributed by atoms with van der Waals surface area (Å²) < 4.78 is 3.81. The highest BCUT2D eigenvalue weighted by Crippen LogP contribution is 2.65. The summed E-state index contributed by atoms with van der Waals surface area (Å²) >= 11 is 37.0. The van der Waals surface area contributed by atoms with Crippen molar-refractivity contribution in [3.8, 4) is 0 Å². The summed E-state index contributed by atoms with van der Waals surface area (Å²) in [6.45, 7) is 3.58. The van der Waals surface area contributed by atoms with E-state index in [-0.39, 0.29) is 44.7 Å². The van der Waals surface area contributed by atoms with Crippen LogP contribution in [-0.2, 0) is 9.53 Å². The lowest BCUT2D eigenvalue weighted by molar-refractivity contribution is -0.117. The molecule has 1 saturated carbocycles. The zero-order chi connectivity index (χ0) is 22.9. The summed E-state index contributed by atoms with van der Waals surface area (Å²) in [5, 5.41) is 3.64. The van der Waals surface area contributed by atoms with Crippen LogP contribution in [0.3, 0.4) is 0 Å². The van der Waals surface area contributed by atoms with Crippen LogP contribution < -0.4 is 5.32 Å². The molecule has 1 amide bonds. The maximum atomic E-state index is 12.9. The van der Waals surface area contributed by atoms with Gasteiger partial charge in [-0.15, -0.1) is 29.8 Å². The van der Waals surface area contributed by atoms with Crippen molar-refractivity contribution in [2.24, 2.45) is 5.92 Å². The van der Waals surface area contributed by atoms with Crippen molar-refractivity contribution in [3.05, 3.63) is 74.2 Å². The van der Waals surface area contributed by atoms with Crippen LogP contribution in [0.2, 0.25) is 20.1 Å². The predicted octanol–water partition coefficient (Wildman–Crippen LogP) is 7.21. The van der Waals surface area contributed by atoms with Crippen molar-refractivity contribution < 1.29 is 14.3 Å². The number of alkyl halides is 2. The van der Waals surface area contributed by atoms with Crippen LogP contribution in [-0.4, -0.2) is 29.2 Å². The number of ether oxygens (including phenoxy) is 1. The number of Topliss-reactive ketones (excluding diaryl/α,β-unsaturated/α-hetero) is 1. The molecule has 0 aliphatic heterocycles. The Morgan fingerprint density at radius 1 is 1.06 bits per heavy atom. The highest BCUT2D eigenvalue weighted by atomic mass is 35.5. The molecule has 0 spiro atoms. The smallest absolute Gasteiger partial charge is 0.231 e. The monoisotopic (exact) mass is 539 g/mol. The van der Waals surface area contributed by atoms with Gasteiger partial charge in [0.15, 0.2) is 5.78 Å². The predicted molar refractivity (Wildman–Crippen MR) is 128 cm³/mol. The summed E-state index contributed by atoms with van der Waals surface area (Å²) in [4.78, 5) is 25.2. The van der Waals surface area contributed by atoms with Crippen LogP contribution in [0.25, 0.3) is 0 Å². The molecule has 1 N–H and O–H groups in total. The summed E-state index contributed by atoms with van der Waals surface area (Å²) in [5.74, 6) is -2.07. The molecular formula is C21H15Cl6NO3. The van der Waals surface area contributed by atoms with Crippen molar-refractivity contribution in [3.63, 3.8) is 0 Å². The molecule has 3 rings (SSSR count). The topological polar surface area (TPSA) is 55.4 Å². The fourth-order valence-corrected chi connectivity index (χ4v) is 4.84. The first-order valence-electron chi connectivity index (χ1n) is 8.92. The van der Waals surface area contributed by atoms with Gasteiger partial charge in [0.05, 0.1) is 32.6 Å². The standard InChI is InChI=1S/C21H15Cl6NO3/c1-2-5-31-9-16(29)12-8-11(3-4-13(12)22)28-20(30)18-17(21(18,26)27)10-6-14(23)19(25)15(24)7-10/h2-4,6-8,17-18H,1,5,9H2,(H,28,30). The molecule has 1 aliphatic carbocycles. The minimum Gasteiger partial charge on any atom is -0.369 e. The fourth-order valence-electron chi connectivity index (χ4n) is 3.17. The van der Waals surface area contributed by atoms with Gasteiger partial charge in [-0.05, 0) is 35.9 Å². The van der Waals surface area contributed by atoms with E-state index >= 15 is 0 Å². The van der Waals surface area contributed by atoms with Crippen molar-refractivity contribution >= 4 is 87.0 Å². The maximum absolute atomic E-state index is 12.9. The molecule has 0 saturated heterocycles. The largest absolute Gasteiger partial charge is 0.369 e. The van der Waals surface area contributed by atoms with Crippen molar-refractivity contribution in [1.82, 2.24) is 0 Å². The molecular weight excluding hydrogens is 527 g/mol. The number of carbonyl (C=O) groups is 2. The van der Waals surface area contributed by atoms with Gasteiger partial charge in [-0.25, -0.2) is 0 Å². The number of nitrogens with one attached hydrogen (secondary N) is 1. The van der Waals surface area contributed by atoms with Gasteiger partial charge in [-0.2, -0.15) is 0 Å². The Morgan fingerprint density at radius 3 is 2.32 bits per heavy atom. The third-order valence-corrected chi connectivity index (χ3v) is 7.17. The van der Waals surface area contributed by atoms with E-state index in [9.17, 15) is 9.59 Å². The molecule has 0 bridgehead atoms. The first kappa shape index (κ1) is 24.7. The molecule has 2 aromatic rings. The van der Waals surface area contributed by atoms with E-state index in [1.807, 2.05) is 0 Å². The van der Waals surface area contributed by atoms with Crippen LogP contribution in [0.15, 0.2) is 43.0 Å². The molecule has 2 atom stereocenters. The molecule has 4 nitrogen and oxygen atoms in total. The summed E-state index contributed by atoms with van der Waals surface area (Å²) in [7, 11) is 0. The molecule has 2 unspecified atom stereocenters. The molecule has 31 heavy (non-hydrogen) atoms. The zero-order valence-corrected chi connectivity index (χ0v) is 20.3. The number of ketones is 1. The van der Waals surface area contributed by atoms with Gasteiger partial charge in [0.1, 0.15) is 10.9 Å². The van der Waals surface area contributed by atoms with Crippen LogP contribution in [0.5, 0.6) is 0 Å². The molecule has 0 aromatic heterocycles. The maximum Gasteiger partial charge on any atom is 0.231 e. The van der Waals surface area contributed by atoms with E-state index in [4.69, 9.17) is 74.3 Å². The lowest BCUT2D eigenvalue weighted by atomic mass is 10.1. The van der Waals surface area contributed by atoms with E-state index in [0.717, 1.165) is 0 Å². The zero-order valence-electron chi connectivity index (χ0n) is 15.7. The van der Waals surface area contributed by atoms with Gasteiger partial charge in [0, 0.05) is 17.2 Å². The van der Waals surface area contributed by atoms with Gasteiger partial charge in [-0.3, -0.25) is 9.59 Å². The summed E-state index contributed by atoms with van der Waals surface area (Å²) in [5.41, 5.74) is 1.18. The van der Waals surface area contributed by atoms with Crippen LogP contribution >= 0.6 is 69.6 Å². The number of halogens is 6. The van der Waals surface area contributed by atoms with Crippen molar-refractivity contribution in [2.45, 2.75) is 10.3 Å². The minimum absolute atomic E-state index is 0.168. The second-order valence-corrected chi connectivity index (χ2v) is 9.88. The molecule has 10 heteroatoms. The number of rotatable bonds is 8. The highest BCUT2D eigenvalue weighted by Gasteiger charge is 2.67. The Kier molecular flexibility index (Phi) is 7.86. The third-order valence-electron chi connectivity index (χ3n) is 4.70. The number of hydrogen-bond donors (Lipinski definition) is 1. The summed E-state index contributed by atoms with van der Waals surface area (Å²) in [6.07, 6.45) is 1.53. The average Bonchev–Trinajstić information content (AvgIpc) is 3.29. The molecule has 1 aliphatic rings. The first-order valence-corrected chi connectivity index (χ1v) is 11.2. The Morgan fingerprint density at radius 2 is 1.71 bits per heavy atom. The van der Waals surface area contributed by atoms with Crippen LogP contribution in [0.1, 0.15) is 21.8 Å². The first-order chi connectivity index (χ1) is 14.6. The molecule has 2 aromatic carbocycles. The lowest BCUT2D eigenvalue weighted by Gasteiger charge is -2.09. The quantitative estimate of drug-likeness (QED) is 0.126.